The van der Waals surface area contributed by atoms with Crippen LogP contribution in [0.15, 0.2) is 18.2 Å². The van der Waals surface area contributed by atoms with E-state index < -0.39 is 29.7 Å². The fourth-order valence-electron chi connectivity index (χ4n) is 2.54. The van der Waals surface area contributed by atoms with Gasteiger partial charge in [-0.1, -0.05) is 6.07 Å². The van der Waals surface area contributed by atoms with E-state index in [0.717, 1.165) is 4.90 Å². The number of nitrogens with two attached hydrogens (primary N) is 1. The van der Waals surface area contributed by atoms with Crippen LogP contribution in [0.5, 0.6) is 0 Å². The summed E-state index contributed by atoms with van der Waals surface area (Å²) in [4.78, 5) is 48.4. The van der Waals surface area contributed by atoms with Crippen molar-refractivity contribution in [3.63, 3.8) is 0 Å². The molecule has 0 aliphatic carbocycles. The van der Waals surface area contributed by atoms with Crippen molar-refractivity contribution in [3.8, 4) is 0 Å². The van der Waals surface area contributed by atoms with E-state index in [1.807, 2.05) is 0 Å². The molecular weight excluding hydrogens is 267 g/mol. The van der Waals surface area contributed by atoms with Gasteiger partial charge in [0, 0.05) is 12.1 Å². The van der Waals surface area contributed by atoms with Crippen LogP contribution in [0, 0.1) is 0 Å². The second kappa shape index (κ2) is 4.16. The number of benzene rings is 1. The van der Waals surface area contributed by atoms with Crippen molar-refractivity contribution in [1.29, 1.82) is 0 Å². The van der Waals surface area contributed by atoms with E-state index >= 15 is 0 Å². The Kier molecular flexibility index (Phi) is 2.56. The molecule has 4 amide bonds. The fourth-order valence-corrected chi connectivity index (χ4v) is 2.54. The molecule has 1 atom stereocenters. The van der Waals surface area contributed by atoms with Crippen LogP contribution in [0.4, 0.5) is 5.69 Å². The third-order valence-corrected chi connectivity index (χ3v) is 3.50. The van der Waals surface area contributed by atoms with E-state index in [4.69, 9.17) is 5.73 Å². The molecule has 102 valence electrons. The van der Waals surface area contributed by atoms with Crippen LogP contribution in [0.25, 0.3) is 0 Å². The molecule has 0 aromatic heterocycles. The SMILES string of the molecule is Nc1cccc2c1C(=O)N([13CH]1[13CH2][13CH2][13C](=O)N[13C]1=O)C2=O. The minimum absolute atomic E-state index is 0.0965. The Morgan fingerprint density at radius 2 is 1.90 bits per heavy atom. The number of piperidine rings is 1. The second-order valence-corrected chi connectivity index (χ2v) is 4.72. The first-order valence-electron chi connectivity index (χ1n) is 6.11. The summed E-state index contributed by atoms with van der Waals surface area (Å²) in [5.74, 6) is -2.17. The van der Waals surface area contributed by atoms with Gasteiger partial charge in [0.15, 0.2) is 0 Å². The van der Waals surface area contributed by atoms with Crippen molar-refractivity contribution < 1.29 is 19.2 Å². The van der Waals surface area contributed by atoms with Gasteiger partial charge in [-0.2, -0.15) is 0 Å². The highest BCUT2D eigenvalue weighted by Crippen LogP contribution is 2.30. The van der Waals surface area contributed by atoms with Crippen LogP contribution in [0.3, 0.4) is 0 Å². The van der Waals surface area contributed by atoms with Crippen molar-refractivity contribution in [1.82, 2.24) is 10.2 Å². The average Bonchev–Trinajstić information content (AvgIpc) is 2.64. The normalized spacial score (nSPS) is 22.0. The van der Waals surface area contributed by atoms with Gasteiger partial charge in [0.25, 0.3) is 11.8 Å². The zero-order valence-electron chi connectivity index (χ0n) is 10.4. The molecule has 3 rings (SSSR count). The summed E-state index contributed by atoms with van der Waals surface area (Å²) in [5, 5.41) is 2.13. The van der Waals surface area contributed by atoms with Crippen molar-refractivity contribution in [3.05, 3.63) is 29.3 Å². The molecule has 2 aliphatic heterocycles. The number of nitrogens with zero attached hydrogens (tertiary/aromatic N) is 1. The molecule has 2 aliphatic rings. The number of fused-ring (bicyclic) bond motifs is 1. The Morgan fingerprint density at radius 3 is 2.55 bits per heavy atom. The summed E-state index contributed by atoms with van der Waals surface area (Å²) in [6.07, 6.45) is 0.231. The van der Waals surface area contributed by atoms with E-state index in [2.05, 4.69) is 5.32 Å². The molecule has 1 unspecified atom stereocenters. The van der Waals surface area contributed by atoms with Crippen molar-refractivity contribution in [2.24, 2.45) is 0 Å². The molecule has 1 saturated heterocycles. The Balaban J connectivity index is 2.00. The quantitative estimate of drug-likeness (QED) is 0.415. The highest BCUT2D eigenvalue weighted by molar-refractivity contribution is 6.25. The van der Waals surface area contributed by atoms with Gasteiger partial charge in [-0.25, -0.2) is 0 Å². The van der Waals surface area contributed by atoms with Gasteiger partial charge in [-0.3, -0.25) is 29.4 Å². The lowest BCUT2D eigenvalue weighted by atomic mass is 10.1. The Bertz CT molecular complexity index is 668. The lowest BCUT2D eigenvalue weighted by molar-refractivity contribution is -0.136. The first-order chi connectivity index (χ1) is 9.50. The van der Waals surface area contributed by atoms with Gasteiger partial charge < -0.3 is 5.73 Å². The number of nitrogen functional groups attached to an aromatic ring is 1. The monoisotopic (exact) mass is 278 g/mol. The molecule has 20 heavy (non-hydrogen) atoms. The van der Waals surface area contributed by atoms with Gasteiger partial charge in [0.1, 0.15) is 6.04 Å². The Morgan fingerprint density at radius 1 is 1.15 bits per heavy atom. The smallest absolute Gasteiger partial charge is 0.264 e. The molecular formula is C13H11N3O4. The summed E-state index contributed by atoms with van der Waals surface area (Å²) in [6.45, 7) is 0. The van der Waals surface area contributed by atoms with Gasteiger partial charge >= 0.3 is 0 Å². The largest absolute Gasteiger partial charge is 0.398 e. The predicted molar refractivity (Wildman–Crippen MR) is 67.5 cm³/mol. The summed E-state index contributed by atoms with van der Waals surface area (Å²) in [6, 6.07) is 3.64. The maximum Gasteiger partial charge on any atom is 0.264 e. The van der Waals surface area contributed by atoms with Crippen LogP contribution in [0.2, 0.25) is 0 Å². The molecule has 7 nitrogen and oxygen atoms in total. The first-order valence-corrected chi connectivity index (χ1v) is 6.11. The molecule has 0 bridgehead atoms. The Hall–Kier alpha value is -2.70. The van der Waals surface area contributed by atoms with E-state index in [0.29, 0.717) is 0 Å². The molecule has 0 saturated carbocycles. The third-order valence-electron chi connectivity index (χ3n) is 3.50. The highest BCUT2D eigenvalue weighted by atomic mass is 16.3. The number of amides is 4. The summed E-state index contributed by atoms with van der Waals surface area (Å²) < 4.78 is 0. The lowest BCUT2D eigenvalue weighted by Crippen LogP contribution is -2.54. The summed E-state index contributed by atoms with van der Waals surface area (Å²) in [5.41, 5.74) is 6.24. The predicted octanol–water partition coefficient (Wildman–Crippen LogP) is -0.330. The second-order valence-electron chi connectivity index (χ2n) is 4.72. The van der Waals surface area contributed by atoms with E-state index in [1.54, 1.807) is 6.07 Å². The molecule has 3 N–H and O–H groups in total. The van der Waals surface area contributed by atoms with Gasteiger partial charge in [-0.05, 0) is 18.6 Å². The zero-order valence-corrected chi connectivity index (χ0v) is 10.4. The van der Waals surface area contributed by atoms with Gasteiger partial charge in [0.2, 0.25) is 11.8 Å². The highest BCUT2D eigenvalue weighted by Gasteiger charge is 2.45. The van der Waals surface area contributed by atoms with Crippen molar-refractivity contribution in [2.75, 3.05) is 5.73 Å². The van der Waals surface area contributed by atoms with Crippen LogP contribution in [0.1, 0.15) is 33.6 Å². The maximum atomic E-state index is 12.3. The third kappa shape index (κ3) is 1.59. The number of hydrogen-bond donors (Lipinski definition) is 2. The molecule has 0 radical (unpaired) electrons. The average molecular weight is 278 g/mol. The minimum Gasteiger partial charge on any atom is -0.398 e. The van der Waals surface area contributed by atoms with Crippen molar-refractivity contribution >= 4 is 29.3 Å². The standard InChI is InChI=1S/C13H11N3O4/c14-7-3-1-2-6-10(7)13(20)16(12(6)19)8-4-5-9(17)15-11(8)18/h1-3,8H,4-5,14H2,(H,15,17,18)/i4+1,5+1,8+1,9+1,11+1. The topological polar surface area (TPSA) is 110 Å². The Labute approximate surface area is 113 Å². The number of rotatable bonds is 1. The van der Waals surface area contributed by atoms with Crippen LogP contribution in [-0.4, -0.2) is 34.6 Å². The molecule has 1 aromatic carbocycles. The van der Waals surface area contributed by atoms with Crippen LogP contribution in [-0.2, 0) is 9.59 Å². The maximum absolute atomic E-state index is 12.3. The van der Waals surface area contributed by atoms with Gasteiger partial charge in [-0.15, -0.1) is 0 Å². The lowest BCUT2D eigenvalue weighted by Gasteiger charge is -2.27. The number of carbonyl (C=O) groups excluding carboxylic acids is 4. The fraction of sp³-hybridized carbons (Fsp3) is 0.231. The van der Waals surface area contributed by atoms with E-state index in [1.165, 1.54) is 12.1 Å². The zero-order chi connectivity index (χ0) is 14.4. The molecule has 2 heterocycles. The summed E-state index contributed by atoms with van der Waals surface area (Å²) >= 11 is 0. The number of carbonyl (C=O) groups is 4. The molecule has 1 aromatic rings. The van der Waals surface area contributed by atoms with E-state index in [9.17, 15) is 19.2 Å². The van der Waals surface area contributed by atoms with E-state index in [-0.39, 0.29) is 29.7 Å². The number of nitrogens with one attached hydrogen (secondary N) is 1. The molecule has 0 spiro atoms. The summed E-state index contributed by atoms with van der Waals surface area (Å²) in [7, 11) is 0. The molecule has 1 fully saturated rings. The van der Waals surface area contributed by atoms with Crippen LogP contribution < -0.4 is 11.1 Å². The first kappa shape index (κ1) is 12.3. The van der Waals surface area contributed by atoms with Crippen LogP contribution >= 0.6 is 0 Å². The molecule has 7 heteroatoms. The number of anilines is 1. The minimum atomic E-state index is -0.959. The van der Waals surface area contributed by atoms with Gasteiger partial charge in [0.05, 0.1) is 11.1 Å². The number of hydrogen-bond acceptors (Lipinski definition) is 5. The van der Waals surface area contributed by atoms with Crippen molar-refractivity contribution in [2.45, 2.75) is 18.9 Å². The number of imide groups is 2.